The highest BCUT2D eigenvalue weighted by molar-refractivity contribution is 6.21. The summed E-state index contributed by atoms with van der Waals surface area (Å²) in [7, 11) is 0. The van der Waals surface area contributed by atoms with E-state index in [0.717, 1.165) is 15.7 Å². The van der Waals surface area contributed by atoms with Crippen molar-refractivity contribution in [1.82, 2.24) is 24.5 Å². The van der Waals surface area contributed by atoms with Gasteiger partial charge >= 0.3 is 6.09 Å². The molecule has 0 saturated heterocycles. The zero-order chi connectivity index (χ0) is 20.0. The van der Waals surface area contributed by atoms with E-state index < -0.39 is 6.09 Å². The third-order valence-electron chi connectivity index (χ3n) is 4.85. The van der Waals surface area contributed by atoms with Crippen molar-refractivity contribution in [1.29, 1.82) is 0 Å². The van der Waals surface area contributed by atoms with Gasteiger partial charge in [0, 0.05) is 64.0 Å². The molecule has 5 aromatic rings. The number of nitrogens with one attached hydrogen (secondary N) is 1. The Morgan fingerprint density at radius 1 is 0.966 bits per heavy atom. The molecule has 5 rings (SSSR count). The van der Waals surface area contributed by atoms with Crippen LogP contribution in [0.5, 0.6) is 0 Å². The predicted molar refractivity (Wildman–Crippen MR) is 106 cm³/mol. The van der Waals surface area contributed by atoms with Crippen molar-refractivity contribution < 1.29 is 14.7 Å². The topological polar surface area (TPSA) is 114 Å². The molecular weight excluding hydrogens is 370 g/mol. The van der Waals surface area contributed by atoms with Crippen LogP contribution in [-0.4, -0.2) is 41.5 Å². The number of nitrogens with zero attached hydrogens (tertiary/aromatic N) is 4. The van der Waals surface area contributed by atoms with E-state index in [2.05, 4.69) is 19.9 Å². The van der Waals surface area contributed by atoms with Gasteiger partial charge in [0.2, 0.25) is 0 Å². The van der Waals surface area contributed by atoms with Gasteiger partial charge in [0.25, 0.3) is 0 Å². The van der Waals surface area contributed by atoms with Crippen LogP contribution in [0.25, 0.3) is 33.1 Å². The van der Waals surface area contributed by atoms with Crippen molar-refractivity contribution in [2.75, 3.05) is 0 Å². The molecule has 0 aliphatic rings. The van der Waals surface area contributed by atoms with Crippen molar-refractivity contribution in [3.05, 3.63) is 78.8 Å². The van der Waals surface area contributed by atoms with Gasteiger partial charge in [-0.2, -0.15) is 0 Å². The number of hydrogen-bond acceptors (Lipinski definition) is 5. The fraction of sp³-hybridized carbons (Fsp3) is 0. The number of ketones is 1. The molecule has 29 heavy (non-hydrogen) atoms. The van der Waals surface area contributed by atoms with Gasteiger partial charge in [0.1, 0.15) is 12.0 Å². The summed E-state index contributed by atoms with van der Waals surface area (Å²) in [5.74, 6) is -0.215. The summed E-state index contributed by atoms with van der Waals surface area (Å²) in [4.78, 5) is 40.2. The van der Waals surface area contributed by atoms with Gasteiger partial charge in [0.15, 0.2) is 5.78 Å². The lowest BCUT2D eigenvalue weighted by Crippen LogP contribution is -2.06. The van der Waals surface area contributed by atoms with Crippen LogP contribution in [0, 0.1) is 0 Å². The molecule has 1 aromatic carbocycles. The number of benzene rings is 1. The molecule has 4 heterocycles. The number of carboxylic acid groups (broad SMARTS) is 1. The molecule has 0 aliphatic carbocycles. The zero-order valence-electron chi connectivity index (χ0n) is 14.9. The fourth-order valence-corrected chi connectivity index (χ4v) is 3.47. The third kappa shape index (κ3) is 2.66. The van der Waals surface area contributed by atoms with Crippen LogP contribution in [0.1, 0.15) is 15.9 Å². The number of pyridine rings is 1. The first-order valence-electron chi connectivity index (χ1n) is 8.74. The molecule has 140 valence electrons. The van der Waals surface area contributed by atoms with E-state index in [4.69, 9.17) is 0 Å². The van der Waals surface area contributed by atoms with Crippen LogP contribution in [0.2, 0.25) is 0 Å². The van der Waals surface area contributed by atoms with Crippen molar-refractivity contribution in [3.63, 3.8) is 0 Å². The zero-order valence-corrected chi connectivity index (χ0v) is 14.9. The first-order valence-corrected chi connectivity index (χ1v) is 8.74. The Labute approximate surface area is 163 Å². The van der Waals surface area contributed by atoms with E-state index in [1.165, 1.54) is 12.5 Å². The van der Waals surface area contributed by atoms with Crippen molar-refractivity contribution in [2.24, 2.45) is 0 Å². The van der Waals surface area contributed by atoms with E-state index >= 15 is 0 Å². The summed E-state index contributed by atoms with van der Waals surface area (Å²) in [5.41, 5.74) is 3.52. The number of carbonyl (C=O) groups excluding carboxylic acids is 1. The molecule has 0 unspecified atom stereocenters. The first-order chi connectivity index (χ1) is 14.1. The summed E-state index contributed by atoms with van der Waals surface area (Å²) in [6, 6.07) is 8.54. The number of H-pyrrole nitrogens is 1. The first kappa shape index (κ1) is 16.8. The average molecular weight is 383 g/mol. The van der Waals surface area contributed by atoms with Crippen LogP contribution < -0.4 is 0 Å². The van der Waals surface area contributed by atoms with Crippen LogP contribution in [0.15, 0.2) is 67.6 Å². The summed E-state index contributed by atoms with van der Waals surface area (Å²) in [5, 5.41) is 10.6. The van der Waals surface area contributed by atoms with Gasteiger partial charge in [-0.1, -0.05) is 12.1 Å². The second kappa shape index (κ2) is 6.38. The maximum absolute atomic E-state index is 13.3. The Morgan fingerprint density at radius 3 is 2.59 bits per heavy atom. The molecule has 0 amide bonds. The van der Waals surface area contributed by atoms with Gasteiger partial charge in [-0.25, -0.2) is 19.7 Å². The summed E-state index contributed by atoms with van der Waals surface area (Å²) in [6.45, 7) is 0. The Morgan fingerprint density at radius 2 is 1.79 bits per heavy atom. The quantitative estimate of drug-likeness (QED) is 0.459. The molecular formula is C21H13N5O3. The monoisotopic (exact) mass is 383 g/mol. The third-order valence-corrected chi connectivity index (χ3v) is 4.85. The van der Waals surface area contributed by atoms with E-state index in [1.807, 2.05) is 6.07 Å². The fourth-order valence-electron chi connectivity index (χ4n) is 3.47. The minimum absolute atomic E-state index is 0.215. The minimum atomic E-state index is -1.10. The predicted octanol–water partition coefficient (Wildman–Crippen LogP) is 3.73. The summed E-state index contributed by atoms with van der Waals surface area (Å²) in [6.07, 6.45) is 8.46. The highest BCUT2D eigenvalue weighted by atomic mass is 16.4. The van der Waals surface area contributed by atoms with E-state index in [-0.39, 0.29) is 5.78 Å². The van der Waals surface area contributed by atoms with Crippen molar-refractivity contribution >= 4 is 33.8 Å². The molecule has 8 heteroatoms. The maximum atomic E-state index is 13.3. The SMILES string of the molecule is O=C(c1c[nH]c2ncc(-c3cncnc3)cc12)c1cccc2c1ccn2C(=O)O. The minimum Gasteiger partial charge on any atom is -0.464 e. The van der Waals surface area contributed by atoms with Gasteiger partial charge < -0.3 is 10.1 Å². The number of aromatic amines is 1. The van der Waals surface area contributed by atoms with Crippen molar-refractivity contribution in [2.45, 2.75) is 0 Å². The molecule has 0 aliphatic heterocycles. The Bertz CT molecular complexity index is 1400. The molecule has 0 radical (unpaired) electrons. The van der Waals surface area contributed by atoms with Crippen LogP contribution in [-0.2, 0) is 0 Å². The normalized spacial score (nSPS) is 11.2. The Balaban J connectivity index is 1.65. The molecule has 0 atom stereocenters. The number of hydrogen-bond donors (Lipinski definition) is 2. The lowest BCUT2D eigenvalue weighted by molar-refractivity contribution is 0.104. The highest BCUT2D eigenvalue weighted by Gasteiger charge is 2.19. The molecule has 0 fully saturated rings. The lowest BCUT2D eigenvalue weighted by Gasteiger charge is -2.05. The average Bonchev–Trinajstić information content (AvgIpc) is 3.37. The number of rotatable bonds is 3. The number of carbonyl (C=O) groups is 2. The standard InChI is InChI=1S/C21H13N5O3/c27-19(15-2-1-3-18-14(15)4-5-26(18)21(28)29)17-10-25-20-16(17)6-12(9-24-20)13-7-22-11-23-8-13/h1-11H,(H,24,25)(H,28,29). The molecule has 0 bridgehead atoms. The van der Waals surface area contributed by atoms with Crippen molar-refractivity contribution in [3.8, 4) is 11.1 Å². The van der Waals surface area contributed by atoms with E-state index in [0.29, 0.717) is 33.1 Å². The molecule has 0 saturated carbocycles. The lowest BCUT2D eigenvalue weighted by atomic mass is 9.99. The number of fused-ring (bicyclic) bond motifs is 2. The van der Waals surface area contributed by atoms with Gasteiger partial charge in [0.05, 0.1) is 5.52 Å². The van der Waals surface area contributed by atoms with E-state index in [1.54, 1.807) is 49.1 Å². The maximum Gasteiger partial charge on any atom is 0.415 e. The Hall–Kier alpha value is -4.33. The second-order valence-corrected chi connectivity index (χ2v) is 6.49. The molecule has 8 nitrogen and oxygen atoms in total. The van der Waals surface area contributed by atoms with E-state index in [9.17, 15) is 14.7 Å². The molecule has 0 spiro atoms. The van der Waals surface area contributed by atoms with Crippen LogP contribution >= 0.6 is 0 Å². The van der Waals surface area contributed by atoms with Gasteiger partial charge in [-0.15, -0.1) is 0 Å². The van der Waals surface area contributed by atoms with Gasteiger partial charge in [-0.05, 0) is 18.2 Å². The molecule has 2 N–H and O–H groups in total. The number of aromatic nitrogens is 5. The second-order valence-electron chi connectivity index (χ2n) is 6.49. The van der Waals surface area contributed by atoms with Crippen LogP contribution in [0.3, 0.4) is 0 Å². The highest BCUT2D eigenvalue weighted by Crippen LogP contribution is 2.28. The van der Waals surface area contributed by atoms with Gasteiger partial charge in [-0.3, -0.25) is 9.36 Å². The summed E-state index contributed by atoms with van der Waals surface area (Å²) < 4.78 is 1.09. The summed E-state index contributed by atoms with van der Waals surface area (Å²) >= 11 is 0. The Kier molecular flexibility index (Phi) is 3.70. The largest absolute Gasteiger partial charge is 0.464 e. The smallest absolute Gasteiger partial charge is 0.415 e. The van der Waals surface area contributed by atoms with Crippen LogP contribution in [0.4, 0.5) is 4.79 Å². The molecule has 4 aromatic heterocycles.